The number of hydrogen-bond donors (Lipinski definition) is 2. The van der Waals surface area contributed by atoms with E-state index in [1.165, 1.54) is 17.0 Å². The number of amides is 3. The van der Waals surface area contributed by atoms with Crippen LogP contribution in [0.2, 0.25) is 5.02 Å². The monoisotopic (exact) mass is 466 g/mol. The van der Waals surface area contributed by atoms with Gasteiger partial charge in [-0.2, -0.15) is 0 Å². The predicted molar refractivity (Wildman–Crippen MR) is 115 cm³/mol. The first-order valence-corrected chi connectivity index (χ1v) is 10.6. The van der Waals surface area contributed by atoms with Gasteiger partial charge in [0.25, 0.3) is 0 Å². The van der Waals surface area contributed by atoms with Gasteiger partial charge in [-0.1, -0.05) is 16.8 Å². The lowest BCUT2D eigenvalue weighted by Gasteiger charge is -2.23. The Bertz CT molecular complexity index is 977. The van der Waals surface area contributed by atoms with Crippen molar-refractivity contribution in [3.63, 3.8) is 0 Å². The Hall–Kier alpha value is -2.98. The summed E-state index contributed by atoms with van der Waals surface area (Å²) < 4.78 is 23.9. The second-order valence-electron chi connectivity index (χ2n) is 7.39. The standard InChI is InChI=1S/C21H24ClFN4O5/c1-13-9-18(26-32-13)25-19(28)6-7-21(30)27(14-4-5-17(23)16(22)10-14)12-20(29)24-11-15-3-2-8-31-15/h4-5,9-10,15H,2-3,6-8,11-12H2,1H3,(H,24,29)(H,25,26,28)/t15-/m0/s1. The van der Waals surface area contributed by atoms with Crippen molar-refractivity contribution in [2.45, 2.75) is 38.7 Å². The van der Waals surface area contributed by atoms with E-state index in [0.717, 1.165) is 18.9 Å². The second-order valence-corrected chi connectivity index (χ2v) is 7.80. The summed E-state index contributed by atoms with van der Waals surface area (Å²) >= 11 is 5.86. The fourth-order valence-corrected chi connectivity index (χ4v) is 3.37. The van der Waals surface area contributed by atoms with E-state index < -0.39 is 23.5 Å². The van der Waals surface area contributed by atoms with E-state index in [1.807, 2.05) is 0 Å². The normalized spacial score (nSPS) is 15.4. The molecule has 1 aromatic carbocycles. The molecule has 1 aliphatic heterocycles. The fraction of sp³-hybridized carbons (Fsp3) is 0.429. The van der Waals surface area contributed by atoms with Crippen LogP contribution in [0.3, 0.4) is 0 Å². The van der Waals surface area contributed by atoms with E-state index in [9.17, 15) is 18.8 Å². The minimum atomic E-state index is -0.645. The van der Waals surface area contributed by atoms with Crippen LogP contribution in [0.15, 0.2) is 28.8 Å². The molecule has 3 amide bonds. The van der Waals surface area contributed by atoms with Crippen molar-refractivity contribution in [3.8, 4) is 0 Å². The Balaban J connectivity index is 1.62. The predicted octanol–water partition coefficient (Wildman–Crippen LogP) is 2.82. The molecule has 1 aliphatic rings. The first kappa shape index (κ1) is 23.7. The highest BCUT2D eigenvalue weighted by molar-refractivity contribution is 6.31. The van der Waals surface area contributed by atoms with Gasteiger partial charge in [-0.25, -0.2) is 4.39 Å². The third kappa shape index (κ3) is 6.76. The lowest BCUT2D eigenvalue weighted by Crippen LogP contribution is -2.43. The van der Waals surface area contributed by atoms with Crippen LogP contribution in [0.25, 0.3) is 0 Å². The molecule has 0 bridgehead atoms. The van der Waals surface area contributed by atoms with Crippen molar-refractivity contribution in [1.82, 2.24) is 10.5 Å². The molecule has 1 atom stereocenters. The van der Waals surface area contributed by atoms with Gasteiger partial charge in [0.2, 0.25) is 17.7 Å². The summed E-state index contributed by atoms with van der Waals surface area (Å²) in [4.78, 5) is 38.6. The van der Waals surface area contributed by atoms with Crippen LogP contribution in [-0.2, 0) is 19.1 Å². The van der Waals surface area contributed by atoms with Gasteiger partial charge in [-0.3, -0.25) is 14.4 Å². The highest BCUT2D eigenvalue weighted by Gasteiger charge is 2.23. The van der Waals surface area contributed by atoms with Crippen molar-refractivity contribution in [1.29, 1.82) is 0 Å². The van der Waals surface area contributed by atoms with Crippen LogP contribution in [0, 0.1) is 12.7 Å². The van der Waals surface area contributed by atoms with Crippen LogP contribution in [0.5, 0.6) is 0 Å². The molecular formula is C21H24ClFN4O5. The van der Waals surface area contributed by atoms with Gasteiger partial charge in [0.1, 0.15) is 18.1 Å². The van der Waals surface area contributed by atoms with E-state index in [2.05, 4.69) is 15.8 Å². The molecule has 11 heteroatoms. The summed E-state index contributed by atoms with van der Waals surface area (Å²) in [7, 11) is 0. The first-order valence-electron chi connectivity index (χ1n) is 10.2. The molecule has 2 N–H and O–H groups in total. The van der Waals surface area contributed by atoms with Crippen LogP contribution >= 0.6 is 11.6 Å². The lowest BCUT2D eigenvalue weighted by atomic mass is 10.2. The SMILES string of the molecule is Cc1cc(NC(=O)CCC(=O)N(CC(=O)NC[C@@H]2CCCO2)c2ccc(F)c(Cl)c2)no1. The van der Waals surface area contributed by atoms with Crippen LogP contribution < -0.4 is 15.5 Å². The molecule has 0 spiro atoms. The zero-order valence-corrected chi connectivity index (χ0v) is 18.3. The Morgan fingerprint density at radius 1 is 1.25 bits per heavy atom. The van der Waals surface area contributed by atoms with E-state index >= 15 is 0 Å². The Labute approximate surface area is 189 Å². The number of aryl methyl sites for hydroxylation is 1. The van der Waals surface area contributed by atoms with Gasteiger partial charge in [0.05, 0.1) is 11.1 Å². The molecule has 2 aromatic rings. The number of anilines is 2. The van der Waals surface area contributed by atoms with Crippen LogP contribution in [0.4, 0.5) is 15.9 Å². The number of ether oxygens (including phenoxy) is 1. The second kappa shape index (κ2) is 11.1. The first-order chi connectivity index (χ1) is 15.3. The molecule has 1 aromatic heterocycles. The van der Waals surface area contributed by atoms with Crippen LogP contribution in [-0.4, -0.2) is 48.7 Å². The summed E-state index contributed by atoms with van der Waals surface area (Å²) in [5.41, 5.74) is 0.251. The molecule has 3 rings (SSSR count). The summed E-state index contributed by atoms with van der Waals surface area (Å²) in [6.45, 7) is 2.37. The number of nitrogens with zero attached hydrogens (tertiary/aromatic N) is 2. The van der Waals surface area contributed by atoms with Gasteiger partial charge < -0.3 is 24.8 Å². The van der Waals surface area contributed by atoms with Gasteiger partial charge in [-0.05, 0) is 38.0 Å². The number of benzene rings is 1. The van der Waals surface area contributed by atoms with E-state index in [4.69, 9.17) is 20.9 Å². The Morgan fingerprint density at radius 2 is 2.06 bits per heavy atom. The van der Waals surface area contributed by atoms with Crippen LogP contribution in [0.1, 0.15) is 31.4 Å². The summed E-state index contributed by atoms with van der Waals surface area (Å²) in [5.74, 6) is -1.21. The molecule has 0 unspecified atom stereocenters. The molecule has 1 saturated heterocycles. The molecule has 0 aliphatic carbocycles. The maximum Gasteiger partial charge on any atom is 0.240 e. The van der Waals surface area contributed by atoms with E-state index in [1.54, 1.807) is 13.0 Å². The van der Waals surface area contributed by atoms with Gasteiger partial charge in [-0.15, -0.1) is 0 Å². The molecule has 0 saturated carbocycles. The fourth-order valence-electron chi connectivity index (χ4n) is 3.19. The highest BCUT2D eigenvalue weighted by Crippen LogP contribution is 2.23. The van der Waals surface area contributed by atoms with Crippen molar-refractivity contribution in [3.05, 3.63) is 40.9 Å². The molecule has 32 heavy (non-hydrogen) atoms. The number of nitrogens with one attached hydrogen (secondary N) is 2. The minimum absolute atomic E-state index is 0.0489. The summed E-state index contributed by atoms with van der Waals surface area (Å²) in [6.07, 6.45) is 1.42. The molecule has 2 heterocycles. The van der Waals surface area contributed by atoms with E-state index in [0.29, 0.717) is 18.9 Å². The highest BCUT2D eigenvalue weighted by atomic mass is 35.5. The number of aromatic nitrogens is 1. The number of carbonyl (C=O) groups is 3. The number of carbonyl (C=O) groups excluding carboxylic acids is 3. The smallest absolute Gasteiger partial charge is 0.240 e. The minimum Gasteiger partial charge on any atom is -0.376 e. The third-order valence-electron chi connectivity index (χ3n) is 4.83. The molecule has 172 valence electrons. The molecule has 1 fully saturated rings. The van der Waals surface area contributed by atoms with Crippen molar-refractivity contribution in [2.24, 2.45) is 0 Å². The third-order valence-corrected chi connectivity index (χ3v) is 5.12. The molecule has 0 radical (unpaired) electrons. The lowest BCUT2D eigenvalue weighted by molar-refractivity contribution is -0.125. The Kier molecular flexibility index (Phi) is 8.18. The quantitative estimate of drug-likeness (QED) is 0.587. The van der Waals surface area contributed by atoms with E-state index in [-0.39, 0.29) is 42.0 Å². The largest absolute Gasteiger partial charge is 0.376 e. The van der Waals surface area contributed by atoms with Gasteiger partial charge >= 0.3 is 0 Å². The number of rotatable bonds is 9. The molecule has 9 nitrogen and oxygen atoms in total. The maximum atomic E-state index is 13.6. The maximum absolute atomic E-state index is 13.6. The topological polar surface area (TPSA) is 114 Å². The van der Waals surface area contributed by atoms with Crippen molar-refractivity contribution in [2.75, 3.05) is 29.9 Å². The average Bonchev–Trinajstić information content (AvgIpc) is 3.42. The van der Waals surface area contributed by atoms with Gasteiger partial charge in [0.15, 0.2) is 5.82 Å². The summed E-state index contributed by atoms with van der Waals surface area (Å²) in [5, 5.41) is 8.75. The number of hydrogen-bond acceptors (Lipinski definition) is 6. The number of halogens is 2. The Morgan fingerprint density at radius 3 is 2.72 bits per heavy atom. The van der Waals surface area contributed by atoms with Gasteiger partial charge in [0, 0.05) is 37.7 Å². The zero-order chi connectivity index (χ0) is 23.1. The van der Waals surface area contributed by atoms with Crippen molar-refractivity contribution >= 4 is 40.8 Å². The zero-order valence-electron chi connectivity index (χ0n) is 17.5. The average molecular weight is 467 g/mol. The summed E-state index contributed by atoms with van der Waals surface area (Å²) in [6, 6.07) is 5.28. The van der Waals surface area contributed by atoms with Crippen molar-refractivity contribution < 1.29 is 28.0 Å². The molecular weight excluding hydrogens is 443 g/mol.